The van der Waals surface area contributed by atoms with Crippen LogP contribution in [0.2, 0.25) is 5.02 Å². The van der Waals surface area contributed by atoms with Crippen LogP contribution in [0.1, 0.15) is 10.4 Å². The Hall–Kier alpha value is -2.99. The molecule has 0 radical (unpaired) electrons. The maximum atomic E-state index is 13.2. The number of hydrogen-bond acceptors (Lipinski definition) is 3. The Bertz CT molecular complexity index is 899. The van der Waals surface area contributed by atoms with Crippen LogP contribution in [-0.4, -0.2) is 10.9 Å². The summed E-state index contributed by atoms with van der Waals surface area (Å²) >= 11 is 5.78. The first-order valence-electron chi connectivity index (χ1n) is 7.26. The van der Waals surface area contributed by atoms with E-state index in [2.05, 4.69) is 15.6 Å². The average Bonchev–Trinajstić information content (AvgIpc) is 2.60. The van der Waals surface area contributed by atoms with Crippen LogP contribution < -0.4 is 10.6 Å². The van der Waals surface area contributed by atoms with E-state index in [9.17, 15) is 13.6 Å². The number of nitrogens with zero attached hydrogens (tertiary/aromatic N) is 1. The van der Waals surface area contributed by atoms with Gasteiger partial charge in [0.2, 0.25) is 0 Å². The van der Waals surface area contributed by atoms with Crippen LogP contribution in [0.5, 0.6) is 0 Å². The summed E-state index contributed by atoms with van der Waals surface area (Å²) in [7, 11) is 0. The van der Waals surface area contributed by atoms with Crippen molar-refractivity contribution in [2.45, 2.75) is 0 Å². The molecule has 2 aromatic carbocycles. The lowest BCUT2D eigenvalue weighted by Gasteiger charge is -2.08. The molecule has 0 spiro atoms. The highest BCUT2D eigenvalue weighted by Gasteiger charge is 2.07. The molecule has 25 heavy (non-hydrogen) atoms. The minimum absolute atomic E-state index is 0.314. The van der Waals surface area contributed by atoms with Crippen LogP contribution >= 0.6 is 11.6 Å². The fraction of sp³-hybridized carbons (Fsp3) is 0. The molecule has 1 aromatic heterocycles. The molecular weight excluding hydrogens is 348 g/mol. The molecule has 1 heterocycles. The van der Waals surface area contributed by atoms with E-state index in [0.29, 0.717) is 27.8 Å². The van der Waals surface area contributed by atoms with E-state index in [1.54, 1.807) is 36.4 Å². The number of anilines is 3. The van der Waals surface area contributed by atoms with E-state index in [0.717, 1.165) is 12.1 Å². The molecule has 0 unspecified atom stereocenters. The summed E-state index contributed by atoms with van der Waals surface area (Å²) < 4.78 is 26.1. The number of rotatable bonds is 4. The maximum absolute atomic E-state index is 13.2. The van der Waals surface area contributed by atoms with Gasteiger partial charge in [-0.1, -0.05) is 11.6 Å². The van der Waals surface area contributed by atoms with Crippen molar-refractivity contribution in [3.63, 3.8) is 0 Å². The van der Waals surface area contributed by atoms with Crippen LogP contribution in [0.4, 0.5) is 26.0 Å². The van der Waals surface area contributed by atoms with E-state index in [4.69, 9.17) is 11.6 Å². The molecule has 0 saturated carbocycles. The van der Waals surface area contributed by atoms with Crippen molar-refractivity contribution in [1.29, 1.82) is 0 Å². The van der Waals surface area contributed by atoms with Gasteiger partial charge in [0.25, 0.3) is 5.91 Å². The van der Waals surface area contributed by atoms with Gasteiger partial charge < -0.3 is 10.6 Å². The largest absolute Gasteiger partial charge is 0.354 e. The minimum Gasteiger partial charge on any atom is -0.354 e. The average molecular weight is 360 g/mol. The molecule has 0 bridgehead atoms. The molecule has 2 N–H and O–H groups in total. The van der Waals surface area contributed by atoms with Gasteiger partial charge in [-0.05, 0) is 48.5 Å². The van der Waals surface area contributed by atoms with Gasteiger partial charge >= 0.3 is 0 Å². The zero-order chi connectivity index (χ0) is 17.8. The molecule has 1 amide bonds. The quantitative estimate of drug-likeness (QED) is 0.688. The lowest BCUT2D eigenvalue weighted by atomic mass is 10.2. The summed E-state index contributed by atoms with van der Waals surface area (Å²) in [4.78, 5) is 16.2. The third kappa shape index (κ3) is 4.30. The zero-order valence-corrected chi connectivity index (χ0v) is 13.5. The zero-order valence-electron chi connectivity index (χ0n) is 12.8. The molecule has 0 atom stereocenters. The predicted molar refractivity (Wildman–Crippen MR) is 93.3 cm³/mol. The van der Waals surface area contributed by atoms with E-state index >= 15 is 0 Å². The van der Waals surface area contributed by atoms with Crippen molar-refractivity contribution in [2.75, 3.05) is 10.6 Å². The van der Waals surface area contributed by atoms with Crippen molar-refractivity contribution < 1.29 is 13.6 Å². The number of amides is 1. The van der Waals surface area contributed by atoms with Gasteiger partial charge in [-0.3, -0.25) is 4.79 Å². The molecule has 4 nitrogen and oxygen atoms in total. The van der Waals surface area contributed by atoms with Crippen molar-refractivity contribution in [3.8, 4) is 0 Å². The lowest BCUT2D eigenvalue weighted by Crippen LogP contribution is -2.12. The van der Waals surface area contributed by atoms with E-state index in [1.807, 2.05) is 0 Å². The van der Waals surface area contributed by atoms with Crippen LogP contribution in [0.25, 0.3) is 0 Å². The second-order valence-electron chi connectivity index (χ2n) is 5.15. The summed E-state index contributed by atoms with van der Waals surface area (Å²) in [5, 5.41) is 6.09. The third-order valence-corrected chi connectivity index (χ3v) is 3.57. The molecule has 3 rings (SSSR count). The summed E-state index contributed by atoms with van der Waals surface area (Å²) in [6.07, 6.45) is 1.47. The minimum atomic E-state index is -0.940. The summed E-state index contributed by atoms with van der Waals surface area (Å²) in [5.74, 6) is -1.81. The third-order valence-electron chi connectivity index (χ3n) is 3.32. The number of nitrogens with one attached hydrogen (secondary N) is 2. The van der Waals surface area contributed by atoms with Crippen molar-refractivity contribution in [2.24, 2.45) is 0 Å². The Kier molecular flexibility index (Phi) is 4.90. The molecule has 126 valence electrons. The van der Waals surface area contributed by atoms with Gasteiger partial charge in [-0.2, -0.15) is 0 Å². The molecule has 3 aromatic rings. The van der Waals surface area contributed by atoms with E-state index in [1.165, 1.54) is 12.3 Å². The second kappa shape index (κ2) is 7.27. The standard InChI is InChI=1S/C18H12ClF2N3O/c19-12-3-1-11(2-4-12)18(25)24-17-8-6-14(10-22-17)23-13-5-7-15(20)16(21)9-13/h1-10,23H,(H,22,24,25). The van der Waals surface area contributed by atoms with E-state index in [-0.39, 0.29) is 5.91 Å². The first-order chi connectivity index (χ1) is 12.0. The van der Waals surface area contributed by atoms with Gasteiger partial charge in [0, 0.05) is 22.3 Å². The van der Waals surface area contributed by atoms with Crippen molar-refractivity contribution in [3.05, 3.63) is 83.0 Å². The molecule has 7 heteroatoms. The van der Waals surface area contributed by atoms with Gasteiger partial charge in [0.15, 0.2) is 11.6 Å². The Balaban J connectivity index is 1.66. The Labute approximate surface area is 147 Å². The van der Waals surface area contributed by atoms with Gasteiger partial charge in [-0.25, -0.2) is 13.8 Å². The number of pyridine rings is 1. The number of benzene rings is 2. The second-order valence-corrected chi connectivity index (χ2v) is 5.58. The Morgan fingerprint density at radius 2 is 1.64 bits per heavy atom. The highest BCUT2D eigenvalue weighted by atomic mass is 35.5. The fourth-order valence-corrected chi connectivity index (χ4v) is 2.20. The van der Waals surface area contributed by atoms with Gasteiger partial charge in [0.1, 0.15) is 5.82 Å². The maximum Gasteiger partial charge on any atom is 0.256 e. The van der Waals surface area contributed by atoms with Gasteiger partial charge in [-0.15, -0.1) is 0 Å². The number of carbonyl (C=O) groups is 1. The molecule has 0 aliphatic rings. The summed E-state index contributed by atoms with van der Waals surface area (Å²) in [6, 6.07) is 13.2. The monoisotopic (exact) mass is 359 g/mol. The van der Waals surface area contributed by atoms with Gasteiger partial charge in [0.05, 0.1) is 11.9 Å². The number of halogens is 3. The van der Waals surface area contributed by atoms with Crippen LogP contribution in [0.15, 0.2) is 60.8 Å². The molecule has 0 aliphatic carbocycles. The SMILES string of the molecule is O=C(Nc1ccc(Nc2ccc(F)c(F)c2)cn1)c1ccc(Cl)cc1. The highest BCUT2D eigenvalue weighted by Crippen LogP contribution is 2.19. The topological polar surface area (TPSA) is 54.0 Å². The number of hydrogen-bond donors (Lipinski definition) is 2. The number of aromatic nitrogens is 1. The van der Waals surface area contributed by atoms with Crippen LogP contribution in [0, 0.1) is 11.6 Å². The highest BCUT2D eigenvalue weighted by molar-refractivity contribution is 6.30. The molecular formula is C18H12ClF2N3O. The molecule has 0 aliphatic heterocycles. The number of carbonyl (C=O) groups excluding carboxylic acids is 1. The van der Waals surface area contributed by atoms with Crippen LogP contribution in [-0.2, 0) is 0 Å². The molecule has 0 saturated heterocycles. The smallest absolute Gasteiger partial charge is 0.256 e. The van der Waals surface area contributed by atoms with Crippen LogP contribution in [0.3, 0.4) is 0 Å². The normalized spacial score (nSPS) is 10.4. The molecule has 0 fully saturated rings. The lowest BCUT2D eigenvalue weighted by molar-refractivity contribution is 0.102. The first kappa shape index (κ1) is 16.9. The van der Waals surface area contributed by atoms with Crippen molar-refractivity contribution in [1.82, 2.24) is 4.98 Å². The predicted octanol–water partition coefficient (Wildman–Crippen LogP) is 5.01. The summed E-state index contributed by atoms with van der Waals surface area (Å²) in [5.41, 5.74) is 1.41. The van der Waals surface area contributed by atoms with Crippen molar-refractivity contribution >= 4 is 34.7 Å². The first-order valence-corrected chi connectivity index (χ1v) is 7.64. The van der Waals surface area contributed by atoms with E-state index < -0.39 is 11.6 Å². The Morgan fingerprint density at radius 1 is 0.920 bits per heavy atom. The summed E-state index contributed by atoms with van der Waals surface area (Å²) in [6.45, 7) is 0. The fourth-order valence-electron chi connectivity index (χ4n) is 2.07. The Morgan fingerprint density at radius 3 is 2.28 bits per heavy atom.